The van der Waals surface area contributed by atoms with Crippen LogP contribution in [0.2, 0.25) is 0 Å². The number of nitrogens with two attached hydrogens (primary N) is 1. The Morgan fingerprint density at radius 3 is 2.26 bits per heavy atom. The molecule has 0 radical (unpaired) electrons. The lowest BCUT2D eigenvalue weighted by Gasteiger charge is -2.20. The first kappa shape index (κ1) is 21.1. The van der Waals surface area contributed by atoms with E-state index in [0.29, 0.717) is 0 Å². The van der Waals surface area contributed by atoms with Crippen LogP contribution in [0.1, 0.15) is 66.7 Å². The van der Waals surface area contributed by atoms with E-state index in [1.807, 2.05) is 32.7 Å². The molecule has 0 saturated carbocycles. The quantitative estimate of drug-likeness (QED) is 0.379. The van der Waals surface area contributed by atoms with Crippen LogP contribution >= 0.6 is 0 Å². The monoisotopic (exact) mass is 275 g/mol. The molecule has 0 aromatic heterocycles. The van der Waals surface area contributed by atoms with E-state index in [1.165, 1.54) is 19.3 Å². The molecule has 1 rings (SSSR count). The first-order chi connectivity index (χ1) is 9.24. The molecule has 2 unspecified atom stereocenters. The maximum Gasteiger partial charge on any atom is 0.0705 e. The average Bonchev–Trinajstić information content (AvgIpc) is 2.87. The van der Waals surface area contributed by atoms with E-state index in [4.69, 9.17) is 5.84 Å². The van der Waals surface area contributed by atoms with Gasteiger partial charge in [0.15, 0.2) is 0 Å². The summed E-state index contributed by atoms with van der Waals surface area (Å²) < 4.78 is 0. The van der Waals surface area contributed by atoms with Crippen LogP contribution in [-0.2, 0) is 0 Å². The summed E-state index contributed by atoms with van der Waals surface area (Å²) in [4.78, 5) is 0. The van der Waals surface area contributed by atoms with Crippen LogP contribution in [0.15, 0.2) is 0 Å². The molecular weight excluding hydrogens is 238 g/mol. The molecule has 4 nitrogen and oxygen atoms in total. The Kier molecular flexibility index (Phi) is 17.7. The number of rotatable bonds is 7. The zero-order valence-electron chi connectivity index (χ0n) is 13.8. The molecular formula is C15H37N3O. The summed E-state index contributed by atoms with van der Waals surface area (Å²) in [5, 5.41) is 14.8. The average molecular weight is 275 g/mol. The SMILES string of the molecule is CC.CC.CCCCCN(N)CCC1NCCC1O. The molecule has 0 bridgehead atoms. The molecule has 4 heteroatoms. The highest BCUT2D eigenvalue weighted by atomic mass is 16.3. The minimum atomic E-state index is -0.172. The molecule has 1 heterocycles. The van der Waals surface area contributed by atoms with Gasteiger partial charge >= 0.3 is 0 Å². The number of aliphatic hydroxyl groups is 1. The first-order valence-electron chi connectivity index (χ1n) is 8.15. The minimum absolute atomic E-state index is 0.172. The highest BCUT2D eigenvalue weighted by Crippen LogP contribution is 2.10. The Morgan fingerprint density at radius 2 is 1.79 bits per heavy atom. The molecule has 1 aliphatic rings. The van der Waals surface area contributed by atoms with E-state index in [9.17, 15) is 5.11 Å². The summed E-state index contributed by atoms with van der Waals surface area (Å²) >= 11 is 0. The normalized spacial score (nSPS) is 21.5. The fourth-order valence-corrected chi connectivity index (χ4v) is 2.03. The van der Waals surface area contributed by atoms with Crippen LogP contribution in [-0.4, -0.2) is 41.9 Å². The smallest absolute Gasteiger partial charge is 0.0705 e. The van der Waals surface area contributed by atoms with Crippen LogP contribution in [0.5, 0.6) is 0 Å². The predicted octanol–water partition coefficient (Wildman–Crippen LogP) is 2.52. The molecule has 19 heavy (non-hydrogen) atoms. The van der Waals surface area contributed by atoms with Gasteiger partial charge < -0.3 is 10.4 Å². The molecule has 1 saturated heterocycles. The van der Waals surface area contributed by atoms with Gasteiger partial charge in [-0.3, -0.25) is 5.84 Å². The maximum atomic E-state index is 9.59. The second-order valence-electron chi connectivity index (χ2n) is 4.45. The van der Waals surface area contributed by atoms with Crippen molar-refractivity contribution in [3.8, 4) is 0 Å². The zero-order valence-corrected chi connectivity index (χ0v) is 13.8. The van der Waals surface area contributed by atoms with Crippen LogP contribution in [0, 0.1) is 0 Å². The van der Waals surface area contributed by atoms with Crippen LogP contribution in [0.25, 0.3) is 0 Å². The van der Waals surface area contributed by atoms with E-state index in [-0.39, 0.29) is 12.1 Å². The molecule has 4 N–H and O–H groups in total. The molecule has 1 fully saturated rings. The van der Waals surface area contributed by atoms with Gasteiger partial charge in [-0.05, 0) is 25.8 Å². The van der Waals surface area contributed by atoms with Gasteiger partial charge in [-0.2, -0.15) is 0 Å². The number of hydrogen-bond donors (Lipinski definition) is 3. The van der Waals surface area contributed by atoms with Crippen molar-refractivity contribution in [1.29, 1.82) is 0 Å². The van der Waals surface area contributed by atoms with Gasteiger partial charge in [-0.1, -0.05) is 47.5 Å². The van der Waals surface area contributed by atoms with Crippen molar-refractivity contribution in [2.75, 3.05) is 19.6 Å². The van der Waals surface area contributed by atoms with Crippen LogP contribution in [0.3, 0.4) is 0 Å². The summed E-state index contributed by atoms with van der Waals surface area (Å²) in [5.41, 5.74) is 0. The Hall–Kier alpha value is -0.160. The topological polar surface area (TPSA) is 61.5 Å². The van der Waals surface area contributed by atoms with E-state index in [2.05, 4.69) is 12.2 Å². The van der Waals surface area contributed by atoms with Gasteiger partial charge in [0.25, 0.3) is 0 Å². The number of nitrogens with one attached hydrogen (secondary N) is 1. The molecule has 1 aliphatic heterocycles. The summed E-state index contributed by atoms with van der Waals surface area (Å²) in [6.07, 6.45) is 5.31. The van der Waals surface area contributed by atoms with Crippen molar-refractivity contribution >= 4 is 0 Å². The molecule has 0 aromatic rings. The Morgan fingerprint density at radius 1 is 1.16 bits per heavy atom. The molecule has 0 aliphatic carbocycles. The number of nitrogens with zero attached hydrogens (tertiary/aromatic N) is 1. The number of hydrazine groups is 1. The van der Waals surface area contributed by atoms with Crippen molar-refractivity contribution in [3.63, 3.8) is 0 Å². The fourth-order valence-electron chi connectivity index (χ4n) is 2.03. The molecule has 118 valence electrons. The maximum absolute atomic E-state index is 9.59. The predicted molar refractivity (Wildman–Crippen MR) is 85.0 cm³/mol. The van der Waals surface area contributed by atoms with Crippen LogP contribution < -0.4 is 11.2 Å². The van der Waals surface area contributed by atoms with Crippen molar-refractivity contribution in [3.05, 3.63) is 0 Å². The summed E-state index contributed by atoms with van der Waals surface area (Å²) in [6.45, 7) is 13.0. The number of hydrogen-bond acceptors (Lipinski definition) is 4. The lowest BCUT2D eigenvalue weighted by molar-refractivity contribution is 0.145. The highest BCUT2D eigenvalue weighted by molar-refractivity contribution is 4.83. The summed E-state index contributed by atoms with van der Waals surface area (Å²) in [6, 6.07) is 0.252. The second kappa shape index (κ2) is 15.9. The van der Waals surface area contributed by atoms with E-state index in [0.717, 1.165) is 32.5 Å². The first-order valence-corrected chi connectivity index (χ1v) is 8.15. The molecule has 2 atom stereocenters. The molecule has 0 amide bonds. The van der Waals surface area contributed by atoms with Gasteiger partial charge in [-0.15, -0.1) is 0 Å². The van der Waals surface area contributed by atoms with E-state index >= 15 is 0 Å². The van der Waals surface area contributed by atoms with Crippen molar-refractivity contribution in [2.24, 2.45) is 5.84 Å². The van der Waals surface area contributed by atoms with Crippen molar-refractivity contribution in [1.82, 2.24) is 10.3 Å². The third-order valence-corrected chi connectivity index (χ3v) is 3.09. The van der Waals surface area contributed by atoms with Gasteiger partial charge in [0.1, 0.15) is 0 Å². The van der Waals surface area contributed by atoms with Gasteiger partial charge in [-0.25, -0.2) is 5.01 Å². The Balaban J connectivity index is 0. The van der Waals surface area contributed by atoms with Gasteiger partial charge in [0.05, 0.1) is 6.10 Å². The minimum Gasteiger partial charge on any atom is -0.391 e. The van der Waals surface area contributed by atoms with Crippen molar-refractivity contribution < 1.29 is 5.11 Å². The largest absolute Gasteiger partial charge is 0.391 e. The fraction of sp³-hybridized carbons (Fsp3) is 1.00. The van der Waals surface area contributed by atoms with Gasteiger partial charge in [0.2, 0.25) is 0 Å². The second-order valence-corrected chi connectivity index (χ2v) is 4.45. The van der Waals surface area contributed by atoms with Gasteiger partial charge in [0, 0.05) is 19.1 Å². The van der Waals surface area contributed by atoms with Crippen LogP contribution in [0.4, 0.5) is 0 Å². The lowest BCUT2D eigenvalue weighted by Crippen LogP contribution is -2.39. The highest BCUT2D eigenvalue weighted by Gasteiger charge is 2.24. The summed E-state index contributed by atoms with van der Waals surface area (Å²) in [5.74, 6) is 5.86. The Bertz CT molecular complexity index is 167. The third kappa shape index (κ3) is 11.4. The zero-order chi connectivity index (χ0) is 15.1. The molecule has 0 spiro atoms. The number of aliphatic hydroxyl groups excluding tert-OH is 1. The lowest BCUT2D eigenvalue weighted by atomic mass is 10.1. The summed E-state index contributed by atoms with van der Waals surface area (Å²) in [7, 11) is 0. The Labute approximate surface area is 120 Å². The molecule has 0 aromatic carbocycles. The van der Waals surface area contributed by atoms with E-state index < -0.39 is 0 Å². The number of unbranched alkanes of at least 4 members (excludes halogenated alkanes) is 2. The standard InChI is InChI=1S/C11H25N3O.2C2H6/c1-2-3-4-8-14(12)9-6-10-11(15)5-7-13-10;2*1-2/h10-11,13,15H,2-9,12H2,1H3;2*1-2H3. The third-order valence-electron chi connectivity index (χ3n) is 3.09. The van der Waals surface area contributed by atoms with E-state index in [1.54, 1.807) is 0 Å². The van der Waals surface area contributed by atoms with Crippen molar-refractivity contribution in [2.45, 2.75) is 78.9 Å².